The van der Waals surface area contributed by atoms with E-state index in [4.69, 9.17) is 5.26 Å². The summed E-state index contributed by atoms with van der Waals surface area (Å²) in [4.78, 5) is 16.3. The van der Waals surface area contributed by atoms with E-state index in [0.717, 1.165) is 18.1 Å². The SMILES string of the molecule is Cc1ccc2nc(C(F)(F)F)cc(N[C@@H]3C=C(NC(=O)c4ccc(C#N)cc4)CCC3)c2c1. The molecular weight excluding hydrogens is 429 g/mol. The average molecular weight is 450 g/mol. The number of pyridine rings is 1. The predicted octanol–water partition coefficient (Wildman–Crippen LogP) is 5.71. The summed E-state index contributed by atoms with van der Waals surface area (Å²) in [5, 5.41) is 15.6. The minimum absolute atomic E-state index is 0.248. The third-order valence-corrected chi connectivity index (χ3v) is 5.51. The first-order chi connectivity index (χ1) is 15.7. The molecule has 8 heteroatoms. The average Bonchev–Trinajstić information content (AvgIpc) is 2.79. The van der Waals surface area contributed by atoms with Crippen LogP contribution in [0.2, 0.25) is 0 Å². The lowest BCUT2D eigenvalue weighted by atomic mass is 9.98. The number of allylic oxidation sites excluding steroid dienone is 1. The van der Waals surface area contributed by atoms with E-state index in [1.165, 1.54) is 0 Å². The Morgan fingerprint density at radius 2 is 1.91 bits per heavy atom. The molecule has 0 aliphatic heterocycles. The monoisotopic (exact) mass is 450 g/mol. The Morgan fingerprint density at radius 1 is 1.15 bits per heavy atom. The van der Waals surface area contributed by atoms with Crippen LogP contribution in [0, 0.1) is 18.3 Å². The van der Waals surface area contributed by atoms with Crippen molar-refractivity contribution in [3.05, 3.63) is 82.7 Å². The molecule has 1 amide bonds. The molecule has 3 aromatic rings. The van der Waals surface area contributed by atoms with Crippen molar-refractivity contribution in [3.8, 4) is 6.07 Å². The molecule has 5 nitrogen and oxygen atoms in total. The van der Waals surface area contributed by atoms with Crippen LogP contribution in [0.3, 0.4) is 0 Å². The molecule has 4 rings (SSSR count). The van der Waals surface area contributed by atoms with E-state index in [1.54, 1.807) is 36.4 Å². The zero-order valence-corrected chi connectivity index (χ0v) is 17.8. The summed E-state index contributed by atoms with van der Waals surface area (Å²) < 4.78 is 40.2. The summed E-state index contributed by atoms with van der Waals surface area (Å²) in [6.45, 7) is 1.87. The molecule has 1 aromatic heterocycles. The Balaban J connectivity index is 1.58. The molecular formula is C25H21F3N4O. The highest BCUT2D eigenvalue weighted by molar-refractivity contribution is 5.95. The highest BCUT2D eigenvalue weighted by atomic mass is 19.4. The molecule has 1 aliphatic carbocycles. The van der Waals surface area contributed by atoms with Gasteiger partial charge in [-0.2, -0.15) is 18.4 Å². The second kappa shape index (κ2) is 8.94. The zero-order chi connectivity index (χ0) is 23.6. The van der Waals surface area contributed by atoms with Crippen LogP contribution in [0.15, 0.2) is 60.3 Å². The number of halogens is 3. The maximum Gasteiger partial charge on any atom is 0.433 e. The number of nitrogens with one attached hydrogen (secondary N) is 2. The van der Waals surface area contributed by atoms with Crippen molar-refractivity contribution >= 4 is 22.5 Å². The molecule has 33 heavy (non-hydrogen) atoms. The van der Waals surface area contributed by atoms with Gasteiger partial charge in [-0.25, -0.2) is 4.98 Å². The molecule has 1 atom stereocenters. The van der Waals surface area contributed by atoms with Crippen LogP contribution < -0.4 is 10.6 Å². The Morgan fingerprint density at radius 3 is 2.61 bits per heavy atom. The van der Waals surface area contributed by atoms with E-state index in [2.05, 4.69) is 15.6 Å². The number of rotatable bonds is 4. The normalized spacial score (nSPS) is 16.1. The maximum atomic E-state index is 13.4. The first kappa shape index (κ1) is 22.3. The number of nitriles is 1. The Labute approximate surface area is 188 Å². The van der Waals surface area contributed by atoms with Crippen molar-refractivity contribution in [3.63, 3.8) is 0 Å². The largest absolute Gasteiger partial charge is 0.433 e. The second-order valence-electron chi connectivity index (χ2n) is 8.05. The van der Waals surface area contributed by atoms with Gasteiger partial charge in [0.1, 0.15) is 5.69 Å². The van der Waals surface area contributed by atoms with Crippen LogP contribution >= 0.6 is 0 Å². The van der Waals surface area contributed by atoms with Crippen LogP contribution in [0.5, 0.6) is 0 Å². The Kier molecular flexibility index (Phi) is 6.05. The van der Waals surface area contributed by atoms with Gasteiger partial charge in [0, 0.05) is 28.4 Å². The third kappa shape index (κ3) is 5.14. The molecule has 0 radical (unpaired) electrons. The maximum absolute atomic E-state index is 13.4. The predicted molar refractivity (Wildman–Crippen MR) is 119 cm³/mol. The van der Waals surface area contributed by atoms with Crippen molar-refractivity contribution in [2.45, 2.75) is 38.4 Å². The number of benzene rings is 2. The van der Waals surface area contributed by atoms with Gasteiger partial charge < -0.3 is 10.6 Å². The fourth-order valence-electron chi connectivity index (χ4n) is 3.86. The third-order valence-electron chi connectivity index (χ3n) is 5.51. The molecule has 168 valence electrons. The highest BCUT2D eigenvalue weighted by Gasteiger charge is 2.33. The van der Waals surface area contributed by atoms with E-state index in [9.17, 15) is 18.0 Å². The van der Waals surface area contributed by atoms with E-state index < -0.39 is 11.9 Å². The molecule has 0 saturated carbocycles. The van der Waals surface area contributed by atoms with Crippen molar-refractivity contribution in [2.75, 3.05) is 5.32 Å². The summed E-state index contributed by atoms with van der Waals surface area (Å²) in [6.07, 6.45) is -0.568. The van der Waals surface area contributed by atoms with Crippen LogP contribution in [-0.2, 0) is 6.18 Å². The fourth-order valence-corrected chi connectivity index (χ4v) is 3.86. The minimum Gasteiger partial charge on any atom is -0.378 e. The first-order valence-electron chi connectivity index (χ1n) is 10.5. The lowest BCUT2D eigenvalue weighted by Gasteiger charge is -2.24. The van der Waals surface area contributed by atoms with Crippen LogP contribution in [0.4, 0.5) is 18.9 Å². The van der Waals surface area contributed by atoms with Gasteiger partial charge in [0.15, 0.2) is 0 Å². The molecule has 2 aromatic carbocycles. The Bertz CT molecular complexity index is 1270. The van der Waals surface area contributed by atoms with E-state index in [-0.39, 0.29) is 17.5 Å². The number of nitrogens with zero attached hydrogens (tertiary/aromatic N) is 2. The lowest BCUT2D eigenvalue weighted by Crippen LogP contribution is -2.29. The van der Waals surface area contributed by atoms with Crippen LogP contribution in [0.25, 0.3) is 10.9 Å². The topological polar surface area (TPSA) is 77.8 Å². The van der Waals surface area contributed by atoms with Crippen molar-refractivity contribution in [2.24, 2.45) is 0 Å². The van der Waals surface area contributed by atoms with E-state index in [0.29, 0.717) is 40.7 Å². The summed E-state index contributed by atoms with van der Waals surface area (Å²) >= 11 is 0. The number of anilines is 1. The number of aromatic nitrogens is 1. The van der Waals surface area contributed by atoms with Crippen LogP contribution in [-0.4, -0.2) is 16.9 Å². The van der Waals surface area contributed by atoms with Gasteiger partial charge in [-0.15, -0.1) is 0 Å². The second-order valence-corrected chi connectivity index (χ2v) is 8.05. The minimum atomic E-state index is -4.56. The number of aryl methyl sites for hydroxylation is 1. The number of alkyl halides is 3. The van der Waals surface area contributed by atoms with Gasteiger partial charge in [0.05, 0.1) is 17.1 Å². The number of carbonyl (C=O) groups excluding carboxylic acids is 1. The number of carbonyl (C=O) groups is 1. The quantitative estimate of drug-likeness (QED) is 0.534. The van der Waals surface area contributed by atoms with Gasteiger partial charge >= 0.3 is 6.18 Å². The smallest absolute Gasteiger partial charge is 0.378 e. The molecule has 0 spiro atoms. The Hall–Kier alpha value is -3.86. The van der Waals surface area contributed by atoms with Gasteiger partial charge in [0.25, 0.3) is 5.91 Å². The molecule has 0 unspecified atom stereocenters. The van der Waals surface area contributed by atoms with Crippen molar-refractivity contribution in [1.29, 1.82) is 5.26 Å². The van der Waals surface area contributed by atoms with Crippen molar-refractivity contribution < 1.29 is 18.0 Å². The van der Waals surface area contributed by atoms with Gasteiger partial charge in [-0.1, -0.05) is 11.6 Å². The van der Waals surface area contributed by atoms with Crippen molar-refractivity contribution in [1.82, 2.24) is 10.3 Å². The van der Waals surface area contributed by atoms with E-state index >= 15 is 0 Å². The number of hydrogen-bond donors (Lipinski definition) is 2. The molecule has 0 fully saturated rings. The van der Waals surface area contributed by atoms with Gasteiger partial charge in [-0.3, -0.25) is 4.79 Å². The van der Waals surface area contributed by atoms with E-state index in [1.807, 2.05) is 25.1 Å². The molecule has 1 aliphatic rings. The molecule has 0 saturated heterocycles. The molecule has 0 bridgehead atoms. The lowest BCUT2D eigenvalue weighted by molar-refractivity contribution is -0.140. The van der Waals surface area contributed by atoms with Gasteiger partial charge in [0.2, 0.25) is 0 Å². The summed E-state index contributed by atoms with van der Waals surface area (Å²) in [5.74, 6) is -0.296. The number of hydrogen-bond acceptors (Lipinski definition) is 4. The molecule has 1 heterocycles. The highest BCUT2D eigenvalue weighted by Crippen LogP contribution is 2.34. The number of amides is 1. The zero-order valence-electron chi connectivity index (χ0n) is 17.8. The van der Waals surface area contributed by atoms with Crippen LogP contribution in [0.1, 0.15) is 46.4 Å². The van der Waals surface area contributed by atoms with Gasteiger partial charge in [-0.05, 0) is 74.7 Å². The summed E-state index contributed by atoms with van der Waals surface area (Å²) in [7, 11) is 0. The summed E-state index contributed by atoms with van der Waals surface area (Å²) in [6, 6.07) is 14.2. The molecule has 2 N–H and O–H groups in total. The fraction of sp³-hybridized carbons (Fsp3) is 0.240. The standard InChI is InChI=1S/C25H21F3N4O/c1-15-5-10-21-20(11-15)22(13-23(32-21)25(26,27)28)30-18-3-2-4-19(12-18)31-24(33)17-8-6-16(14-29)7-9-17/h5-13,18H,2-4H2,1H3,(H,30,32)(H,31,33)/t18-/m0/s1. The number of fused-ring (bicyclic) bond motifs is 1. The summed E-state index contributed by atoms with van der Waals surface area (Å²) in [5.41, 5.74) is 2.20. The first-order valence-corrected chi connectivity index (χ1v) is 10.5.